The topological polar surface area (TPSA) is 93.7 Å². The number of carbonyl (C=O) groups excluding carboxylic acids is 3. The Bertz CT molecular complexity index is 672. The van der Waals surface area contributed by atoms with E-state index in [1.807, 2.05) is 0 Å². The number of amides is 1. The molecule has 0 radical (unpaired) electrons. The summed E-state index contributed by atoms with van der Waals surface area (Å²) in [4.78, 5) is 35.7. The molecule has 140 valence electrons. The van der Waals surface area contributed by atoms with E-state index in [0.717, 1.165) is 11.3 Å². The lowest BCUT2D eigenvalue weighted by Gasteiger charge is -2.26. The number of carbonyl (C=O) groups is 3. The van der Waals surface area contributed by atoms with Crippen LogP contribution >= 0.6 is 46.1 Å². The zero-order valence-electron chi connectivity index (χ0n) is 13.9. The van der Waals surface area contributed by atoms with Crippen molar-refractivity contribution in [3.8, 4) is 0 Å². The first-order valence-corrected chi connectivity index (χ1v) is 8.97. The van der Waals surface area contributed by atoms with Gasteiger partial charge in [-0.3, -0.25) is 4.79 Å². The molecule has 1 aromatic heterocycles. The third-order valence-electron chi connectivity index (χ3n) is 2.95. The van der Waals surface area contributed by atoms with Crippen LogP contribution in [0.1, 0.15) is 39.4 Å². The minimum Gasteiger partial charge on any atom is -0.465 e. The molecule has 0 bridgehead atoms. The molecule has 1 heterocycles. The SMILES string of the molecule is CCOC(=O)c1sc(NC(NC(C)=O)C(Cl)(Cl)Cl)c(C(=O)OC)c1C. The van der Waals surface area contributed by atoms with Crippen molar-refractivity contribution in [3.63, 3.8) is 0 Å². The Labute approximate surface area is 163 Å². The second kappa shape index (κ2) is 8.93. The maximum atomic E-state index is 12.1. The molecule has 0 aliphatic heterocycles. The van der Waals surface area contributed by atoms with Crippen LogP contribution in [0.25, 0.3) is 0 Å². The molecular formula is C14H17Cl3N2O5S. The van der Waals surface area contributed by atoms with E-state index in [4.69, 9.17) is 44.3 Å². The number of nitrogens with one attached hydrogen (secondary N) is 2. The molecule has 1 unspecified atom stereocenters. The smallest absolute Gasteiger partial charge is 0.348 e. The van der Waals surface area contributed by atoms with Crippen molar-refractivity contribution in [1.29, 1.82) is 0 Å². The second-order valence-electron chi connectivity index (χ2n) is 4.79. The van der Waals surface area contributed by atoms with Crippen molar-refractivity contribution in [2.75, 3.05) is 19.0 Å². The molecule has 0 spiro atoms. The third kappa shape index (κ3) is 5.64. The molecule has 0 aliphatic rings. The average molecular weight is 432 g/mol. The number of esters is 2. The van der Waals surface area contributed by atoms with Gasteiger partial charge in [0.2, 0.25) is 9.70 Å². The number of anilines is 1. The van der Waals surface area contributed by atoms with Crippen molar-refractivity contribution in [2.45, 2.75) is 30.7 Å². The first-order valence-electron chi connectivity index (χ1n) is 7.02. The van der Waals surface area contributed by atoms with E-state index in [-0.39, 0.29) is 22.0 Å². The Morgan fingerprint density at radius 2 is 1.84 bits per heavy atom. The normalized spacial score (nSPS) is 12.3. The lowest BCUT2D eigenvalue weighted by Crippen LogP contribution is -2.48. The highest BCUT2D eigenvalue weighted by atomic mass is 35.6. The van der Waals surface area contributed by atoms with Crippen LogP contribution in [0.3, 0.4) is 0 Å². The molecule has 7 nitrogen and oxygen atoms in total. The molecule has 1 amide bonds. The maximum absolute atomic E-state index is 12.1. The molecular weight excluding hydrogens is 415 g/mol. The van der Waals surface area contributed by atoms with E-state index in [2.05, 4.69) is 10.6 Å². The molecule has 0 aliphatic carbocycles. The van der Waals surface area contributed by atoms with E-state index in [1.165, 1.54) is 14.0 Å². The standard InChI is InChI=1S/C14H17Cl3N2O5S/c1-5-24-12(22)9-6(2)8(11(21)23-4)10(25-9)19-13(14(15,16)17)18-7(3)20/h13,19H,5H2,1-4H3,(H,18,20). The minimum absolute atomic E-state index is 0.0974. The molecule has 1 rings (SSSR count). The van der Waals surface area contributed by atoms with Gasteiger partial charge in [0.1, 0.15) is 16.0 Å². The lowest BCUT2D eigenvalue weighted by molar-refractivity contribution is -0.119. The molecule has 0 fully saturated rings. The van der Waals surface area contributed by atoms with Crippen LogP contribution in [0, 0.1) is 6.92 Å². The van der Waals surface area contributed by atoms with Crippen LogP contribution in [0.15, 0.2) is 0 Å². The number of hydrogen-bond donors (Lipinski definition) is 2. The molecule has 1 aromatic rings. The van der Waals surface area contributed by atoms with E-state index in [1.54, 1.807) is 13.8 Å². The summed E-state index contributed by atoms with van der Waals surface area (Å²) in [5, 5.41) is 5.41. The van der Waals surface area contributed by atoms with Crippen LogP contribution in [0.5, 0.6) is 0 Å². The average Bonchev–Trinajstić information content (AvgIpc) is 2.81. The fourth-order valence-corrected chi connectivity index (χ4v) is 3.33. The van der Waals surface area contributed by atoms with E-state index >= 15 is 0 Å². The number of ether oxygens (including phenoxy) is 2. The Balaban J connectivity index is 3.36. The van der Waals surface area contributed by atoms with Crippen molar-refractivity contribution < 1.29 is 23.9 Å². The molecule has 0 saturated heterocycles. The molecule has 0 aromatic carbocycles. The van der Waals surface area contributed by atoms with Gasteiger partial charge >= 0.3 is 11.9 Å². The molecule has 0 saturated carbocycles. The maximum Gasteiger partial charge on any atom is 0.348 e. The molecule has 2 N–H and O–H groups in total. The number of methoxy groups -OCH3 is 1. The number of halogens is 3. The fourth-order valence-electron chi connectivity index (χ4n) is 1.89. The number of rotatable bonds is 6. The van der Waals surface area contributed by atoms with Gasteiger partial charge in [-0.25, -0.2) is 9.59 Å². The molecule has 11 heteroatoms. The van der Waals surface area contributed by atoms with E-state index in [0.29, 0.717) is 5.56 Å². The first kappa shape index (κ1) is 21.8. The van der Waals surface area contributed by atoms with E-state index < -0.39 is 27.8 Å². The van der Waals surface area contributed by atoms with Crippen LogP contribution in [0.2, 0.25) is 0 Å². The highest BCUT2D eigenvalue weighted by Crippen LogP contribution is 2.38. The number of thiophene rings is 1. The quantitative estimate of drug-likeness (QED) is 0.408. The number of hydrogen-bond acceptors (Lipinski definition) is 7. The summed E-state index contributed by atoms with van der Waals surface area (Å²) in [6.45, 7) is 4.66. The van der Waals surface area contributed by atoms with Crippen LogP contribution < -0.4 is 10.6 Å². The fraction of sp³-hybridized carbons (Fsp3) is 0.500. The zero-order valence-corrected chi connectivity index (χ0v) is 17.0. The van der Waals surface area contributed by atoms with Crippen molar-refractivity contribution in [2.24, 2.45) is 0 Å². The largest absolute Gasteiger partial charge is 0.465 e. The van der Waals surface area contributed by atoms with Gasteiger partial charge in [0, 0.05) is 6.92 Å². The predicted octanol–water partition coefficient (Wildman–Crippen LogP) is 3.26. The van der Waals surface area contributed by atoms with Gasteiger partial charge in [-0.15, -0.1) is 11.3 Å². The predicted molar refractivity (Wildman–Crippen MR) is 97.9 cm³/mol. The van der Waals surface area contributed by atoms with Gasteiger partial charge in [-0.05, 0) is 19.4 Å². The van der Waals surface area contributed by atoms with Crippen LogP contribution in [0.4, 0.5) is 5.00 Å². The van der Waals surface area contributed by atoms with Crippen LogP contribution in [-0.4, -0.2) is 41.5 Å². The van der Waals surface area contributed by atoms with Gasteiger partial charge in [0.25, 0.3) is 0 Å². The highest BCUT2D eigenvalue weighted by Gasteiger charge is 2.36. The summed E-state index contributed by atoms with van der Waals surface area (Å²) >= 11 is 18.5. The molecule has 1 atom stereocenters. The first-order chi connectivity index (χ1) is 11.5. The van der Waals surface area contributed by atoms with Crippen LogP contribution in [-0.2, 0) is 14.3 Å². The van der Waals surface area contributed by atoms with Gasteiger partial charge in [0.05, 0.1) is 19.3 Å². The highest BCUT2D eigenvalue weighted by molar-refractivity contribution is 7.18. The lowest BCUT2D eigenvalue weighted by atomic mass is 10.1. The molecule has 25 heavy (non-hydrogen) atoms. The minimum atomic E-state index is -1.92. The zero-order chi connectivity index (χ0) is 19.4. The third-order valence-corrected chi connectivity index (χ3v) is 4.81. The number of alkyl halides is 3. The Hall–Kier alpha value is -1.22. The van der Waals surface area contributed by atoms with Gasteiger partial charge in [-0.1, -0.05) is 34.8 Å². The van der Waals surface area contributed by atoms with Crippen molar-refractivity contribution in [1.82, 2.24) is 5.32 Å². The summed E-state index contributed by atoms with van der Waals surface area (Å²) < 4.78 is 7.80. The summed E-state index contributed by atoms with van der Waals surface area (Å²) in [5.74, 6) is -1.73. The summed E-state index contributed by atoms with van der Waals surface area (Å²) in [6.07, 6.45) is -1.15. The van der Waals surface area contributed by atoms with Crippen molar-refractivity contribution in [3.05, 3.63) is 16.0 Å². The monoisotopic (exact) mass is 430 g/mol. The Kier molecular flexibility index (Phi) is 7.80. The second-order valence-corrected chi connectivity index (χ2v) is 8.18. The van der Waals surface area contributed by atoms with Gasteiger partial charge in [0.15, 0.2) is 0 Å². The summed E-state index contributed by atoms with van der Waals surface area (Å²) in [6, 6.07) is 0. The summed E-state index contributed by atoms with van der Waals surface area (Å²) in [5.41, 5.74) is 0.462. The Morgan fingerprint density at radius 3 is 2.28 bits per heavy atom. The van der Waals surface area contributed by atoms with Gasteiger partial charge < -0.3 is 20.1 Å². The van der Waals surface area contributed by atoms with Crippen molar-refractivity contribution >= 4 is 69.0 Å². The van der Waals surface area contributed by atoms with Gasteiger partial charge in [-0.2, -0.15) is 0 Å². The van der Waals surface area contributed by atoms with E-state index in [9.17, 15) is 14.4 Å². The summed E-state index contributed by atoms with van der Waals surface area (Å²) in [7, 11) is 1.20. The Morgan fingerprint density at radius 1 is 1.24 bits per heavy atom.